The van der Waals surface area contributed by atoms with E-state index in [1.54, 1.807) is 61.7 Å². The van der Waals surface area contributed by atoms with E-state index >= 15 is 0 Å². The van der Waals surface area contributed by atoms with Crippen molar-refractivity contribution in [2.24, 2.45) is 0 Å². The van der Waals surface area contributed by atoms with Crippen LogP contribution >= 0.6 is 34.4 Å². The molecule has 202 valence electrons. The quantitative estimate of drug-likeness (QED) is 0.103. The maximum absolute atomic E-state index is 13.3. The zero-order chi connectivity index (χ0) is 28.3. The Morgan fingerprint density at radius 2 is 1.43 bits per heavy atom. The van der Waals surface area contributed by atoms with Gasteiger partial charge in [-0.15, -0.1) is 11.8 Å². The van der Waals surface area contributed by atoms with Crippen LogP contribution in [0.25, 0.3) is 6.08 Å². The minimum Gasteiger partial charge on any atom is -0.496 e. The molecule has 4 aromatic carbocycles. The lowest BCUT2D eigenvalue weighted by atomic mass is 10.1. The van der Waals surface area contributed by atoms with Crippen molar-refractivity contribution in [3.63, 3.8) is 0 Å². The summed E-state index contributed by atoms with van der Waals surface area (Å²) in [6.45, 7) is 0. The van der Waals surface area contributed by atoms with E-state index in [9.17, 15) is 14.4 Å². The van der Waals surface area contributed by atoms with E-state index in [1.165, 1.54) is 11.8 Å². The smallest absolute Gasteiger partial charge is 0.272 e. The highest BCUT2D eigenvalue weighted by atomic mass is 127. The maximum Gasteiger partial charge on any atom is 0.272 e. The molecule has 0 unspecified atom stereocenters. The molecular formula is C31H26IN3O4S. The molecule has 0 heterocycles. The Bertz CT molecular complexity index is 1510. The number of para-hydroxylation sites is 1. The molecule has 0 aliphatic heterocycles. The van der Waals surface area contributed by atoms with Crippen LogP contribution in [0.5, 0.6) is 5.75 Å². The van der Waals surface area contributed by atoms with Gasteiger partial charge in [-0.2, -0.15) is 0 Å². The predicted molar refractivity (Wildman–Crippen MR) is 168 cm³/mol. The molecule has 0 aromatic heterocycles. The van der Waals surface area contributed by atoms with E-state index in [1.807, 2.05) is 54.6 Å². The number of carbonyl (C=O) groups is 3. The number of halogens is 1. The lowest BCUT2D eigenvalue weighted by Gasteiger charge is -2.13. The summed E-state index contributed by atoms with van der Waals surface area (Å²) in [5, 5.41) is 8.43. The Hall–Kier alpha value is -4.09. The van der Waals surface area contributed by atoms with Gasteiger partial charge in [-0.3, -0.25) is 14.4 Å². The Morgan fingerprint density at radius 3 is 2.12 bits per heavy atom. The molecule has 0 aliphatic carbocycles. The van der Waals surface area contributed by atoms with Crippen molar-refractivity contribution in [2.45, 2.75) is 4.90 Å². The van der Waals surface area contributed by atoms with Crippen molar-refractivity contribution in [1.29, 1.82) is 0 Å². The van der Waals surface area contributed by atoms with E-state index in [4.69, 9.17) is 4.74 Å². The molecule has 0 spiro atoms. The standard InChI is InChI=1S/C31H26IN3O4S/c1-39-28-10-6-5-9-22(28)19-27(35-30(37)21-7-3-2-4-8-21)31(38)34-25-15-17-26(18-16-25)40-20-29(36)33-24-13-11-23(32)12-14-24/h2-19H,20H2,1H3,(H,33,36)(H,34,38)(H,35,37)/b27-19-. The van der Waals surface area contributed by atoms with Crippen molar-refractivity contribution in [1.82, 2.24) is 5.32 Å². The summed E-state index contributed by atoms with van der Waals surface area (Å²) in [5.41, 5.74) is 2.41. The zero-order valence-electron chi connectivity index (χ0n) is 21.5. The van der Waals surface area contributed by atoms with Gasteiger partial charge < -0.3 is 20.7 Å². The van der Waals surface area contributed by atoms with Gasteiger partial charge in [0.15, 0.2) is 0 Å². The molecule has 4 rings (SSSR count). The third-order valence-corrected chi connectivity index (χ3v) is 7.31. The molecule has 4 aromatic rings. The van der Waals surface area contributed by atoms with Gasteiger partial charge in [0.1, 0.15) is 11.4 Å². The van der Waals surface area contributed by atoms with Gasteiger partial charge in [-0.05, 0) is 95.4 Å². The van der Waals surface area contributed by atoms with Crippen LogP contribution < -0.4 is 20.7 Å². The number of rotatable bonds is 10. The number of anilines is 2. The average molecular weight is 664 g/mol. The van der Waals surface area contributed by atoms with Crippen LogP contribution in [0.15, 0.2) is 114 Å². The summed E-state index contributed by atoms with van der Waals surface area (Å²) in [6, 6.07) is 30.6. The number of carbonyl (C=O) groups excluding carboxylic acids is 3. The fourth-order valence-corrected chi connectivity index (χ4v) is 4.65. The van der Waals surface area contributed by atoms with Crippen molar-refractivity contribution in [3.8, 4) is 5.75 Å². The molecule has 0 saturated heterocycles. The second-order valence-corrected chi connectivity index (χ2v) is 10.7. The maximum atomic E-state index is 13.3. The first kappa shape index (κ1) is 28.9. The van der Waals surface area contributed by atoms with Gasteiger partial charge in [-0.1, -0.05) is 36.4 Å². The van der Waals surface area contributed by atoms with Crippen molar-refractivity contribution in [3.05, 3.63) is 124 Å². The highest BCUT2D eigenvalue weighted by Crippen LogP contribution is 2.23. The van der Waals surface area contributed by atoms with Gasteiger partial charge >= 0.3 is 0 Å². The summed E-state index contributed by atoms with van der Waals surface area (Å²) in [7, 11) is 1.54. The SMILES string of the molecule is COc1ccccc1/C=C(\NC(=O)c1ccccc1)C(=O)Nc1ccc(SCC(=O)Nc2ccc(I)cc2)cc1. The fraction of sp³-hybridized carbons (Fsp3) is 0.0645. The number of thioether (sulfide) groups is 1. The minimum atomic E-state index is -0.493. The molecular weight excluding hydrogens is 637 g/mol. The fourth-order valence-electron chi connectivity index (χ4n) is 3.60. The number of benzene rings is 4. The number of methoxy groups -OCH3 is 1. The first-order chi connectivity index (χ1) is 19.4. The van der Waals surface area contributed by atoms with E-state index in [0.29, 0.717) is 22.6 Å². The predicted octanol–water partition coefficient (Wildman–Crippen LogP) is 6.44. The number of nitrogens with one attached hydrogen (secondary N) is 3. The Morgan fingerprint density at radius 1 is 0.800 bits per heavy atom. The number of amides is 3. The highest BCUT2D eigenvalue weighted by Gasteiger charge is 2.16. The molecule has 40 heavy (non-hydrogen) atoms. The molecule has 7 nitrogen and oxygen atoms in total. The van der Waals surface area contributed by atoms with Crippen molar-refractivity contribution >= 4 is 69.5 Å². The van der Waals surface area contributed by atoms with Crippen LogP contribution in [-0.4, -0.2) is 30.6 Å². The molecule has 0 saturated carbocycles. The Kier molecular flexibility index (Phi) is 10.4. The summed E-state index contributed by atoms with van der Waals surface area (Å²) in [6.07, 6.45) is 1.57. The lowest BCUT2D eigenvalue weighted by Crippen LogP contribution is -2.30. The average Bonchev–Trinajstić information content (AvgIpc) is 2.98. The van der Waals surface area contributed by atoms with E-state index in [-0.39, 0.29) is 17.4 Å². The van der Waals surface area contributed by atoms with Crippen LogP contribution in [0.1, 0.15) is 15.9 Å². The lowest BCUT2D eigenvalue weighted by molar-refractivity contribution is -0.114. The number of hydrogen-bond acceptors (Lipinski definition) is 5. The molecule has 0 aliphatic rings. The number of hydrogen-bond donors (Lipinski definition) is 3. The second kappa shape index (κ2) is 14.3. The van der Waals surface area contributed by atoms with Gasteiger partial charge in [0.05, 0.1) is 12.9 Å². The molecule has 0 fully saturated rings. The minimum absolute atomic E-state index is 0.0593. The molecule has 0 radical (unpaired) electrons. The van der Waals surface area contributed by atoms with Crippen molar-refractivity contribution in [2.75, 3.05) is 23.5 Å². The first-order valence-corrected chi connectivity index (χ1v) is 14.3. The van der Waals surface area contributed by atoms with Gasteiger partial charge in [-0.25, -0.2) is 0 Å². The Labute approximate surface area is 250 Å². The van der Waals surface area contributed by atoms with E-state index in [0.717, 1.165) is 14.2 Å². The topological polar surface area (TPSA) is 96.5 Å². The second-order valence-electron chi connectivity index (χ2n) is 8.44. The van der Waals surface area contributed by atoms with Gasteiger partial charge in [0.2, 0.25) is 5.91 Å². The summed E-state index contributed by atoms with van der Waals surface area (Å²) in [4.78, 5) is 39.3. The zero-order valence-corrected chi connectivity index (χ0v) is 24.5. The van der Waals surface area contributed by atoms with Gasteiger partial charge in [0.25, 0.3) is 11.8 Å². The third-order valence-electron chi connectivity index (χ3n) is 5.58. The molecule has 0 atom stereocenters. The van der Waals surface area contributed by atoms with Gasteiger partial charge in [0, 0.05) is 31.0 Å². The van der Waals surface area contributed by atoms with E-state index < -0.39 is 11.8 Å². The van der Waals surface area contributed by atoms with Crippen LogP contribution in [0.3, 0.4) is 0 Å². The molecule has 3 N–H and O–H groups in total. The number of ether oxygens (including phenoxy) is 1. The third kappa shape index (κ3) is 8.45. The van der Waals surface area contributed by atoms with Crippen LogP contribution in [-0.2, 0) is 9.59 Å². The Balaban J connectivity index is 1.42. The van der Waals surface area contributed by atoms with Crippen LogP contribution in [0.4, 0.5) is 11.4 Å². The normalized spacial score (nSPS) is 10.9. The van der Waals surface area contributed by atoms with Crippen LogP contribution in [0.2, 0.25) is 0 Å². The molecule has 0 bridgehead atoms. The first-order valence-electron chi connectivity index (χ1n) is 12.2. The van der Waals surface area contributed by atoms with Crippen molar-refractivity contribution < 1.29 is 19.1 Å². The molecule has 9 heteroatoms. The van der Waals surface area contributed by atoms with E-state index in [2.05, 4.69) is 38.5 Å². The molecule has 3 amide bonds. The largest absolute Gasteiger partial charge is 0.496 e. The highest BCUT2D eigenvalue weighted by molar-refractivity contribution is 14.1. The van der Waals surface area contributed by atoms with Crippen LogP contribution in [0, 0.1) is 3.57 Å². The summed E-state index contributed by atoms with van der Waals surface area (Å²) < 4.78 is 6.50. The monoisotopic (exact) mass is 663 g/mol. The summed E-state index contributed by atoms with van der Waals surface area (Å²) in [5.74, 6) is -0.202. The summed E-state index contributed by atoms with van der Waals surface area (Å²) >= 11 is 3.60.